The van der Waals surface area contributed by atoms with Crippen LogP contribution in [0.2, 0.25) is 0 Å². The van der Waals surface area contributed by atoms with Crippen molar-refractivity contribution >= 4 is 5.91 Å². The van der Waals surface area contributed by atoms with E-state index in [1.807, 2.05) is 11.8 Å². The lowest BCUT2D eigenvalue weighted by Crippen LogP contribution is -2.34. The van der Waals surface area contributed by atoms with Crippen LogP contribution in [0.1, 0.15) is 36.4 Å². The summed E-state index contributed by atoms with van der Waals surface area (Å²) in [6.45, 7) is 5.62. The number of nitrogens with zero attached hydrogens (tertiary/aromatic N) is 4. The zero-order chi connectivity index (χ0) is 14.8. The molecule has 0 radical (unpaired) electrons. The molecule has 1 aliphatic rings. The fourth-order valence-corrected chi connectivity index (χ4v) is 3.05. The number of amides is 1. The van der Waals surface area contributed by atoms with E-state index >= 15 is 0 Å². The maximum atomic E-state index is 12.5. The van der Waals surface area contributed by atoms with Crippen molar-refractivity contribution in [1.29, 1.82) is 0 Å². The van der Waals surface area contributed by atoms with Gasteiger partial charge in [0.1, 0.15) is 18.7 Å². The first-order chi connectivity index (χ1) is 10.2. The van der Waals surface area contributed by atoms with Crippen molar-refractivity contribution < 1.29 is 4.79 Å². The lowest BCUT2D eigenvalue weighted by atomic mass is 9.94. The van der Waals surface area contributed by atoms with Crippen LogP contribution >= 0.6 is 0 Å². The van der Waals surface area contributed by atoms with Gasteiger partial charge in [0.2, 0.25) is 5.91 Å². The number of likely N-dealkylation sites (tertiary alicyclic amines) is 1. The van der Waals surface area contributed by atoms with E-state index in [0.717, 1.165) is 19.5 Å². The minimum Gasteiger partial charge on any atom is -0.340 e. The second-order valence-electron chi connectivity index (χ2n) is 5.68. The van der Waals surface area contributed by atoms with Gasteiger partial charge in [-0.05, 0) is 31.4 Å². The highest BCUT2D eigenvalue weighted by atomic mass is 16.2. The molecule has 0 saturated carbocycles. The van der Waals surface area contributed by atoms with Crippen LogP contribution in [0, 0.1) is 6.92 Å². The largest absolute Gasteiger partial charge is 0.340 e. The van der Waals surface area contributed by atoms with Crippen molar-refractivity contribution in [3.63, 3.8) is 0 Å². The minimum absolute atomic E-state index is 0.122. The second kappa shape index (κ2) is 5.68. The van der Waals surface area contributed by atoms with E-state index in [4.69, 9.17) is 0 Å². The van der Waals surface area contributed by atoms with Crippen LogP contribution in [-0.4, -0.2) is 38.7 Å². The summed E-state index contributed by atoms with van der Waals surface area (Å²) in [5.41, 5.74) is 2.67. The lowest BCUT2D eigenvalue weighted by Gasteiger charge is -2.21. The zero-order valence-corrected chi connectivity index (χ0v) is 12.4. The number of rotatable bonds is 3. The molecule has 2 aromatic rings. The van der Waals surface area contributed by atoms with Gasteiger partial charge in [0.25, 0.3) is 0 Å². The Morgan fingerprint density at radius 2 is 2.19 bits per heavy atom. The van der Waals surface area contributed by atoms with Crippen molar-refractivity contribution in [3.05, 3.63) is 48.0 Å². The van der Waals surface area contributed by atoms with Gasteiger partial charge in [-0.15, -0.1) is 0 Å². The molecule has 110 valence electrons. The molecule has 0 aliphatic carbocycles. The number of hydrogen-bond donors (Lipinski definition) is 0. The van der Waals surface area contributed by atoms with E-state index in [-0.39, 0.29) is 11.9 Å². The molecular weight excluding hydrogens is 264 g/mol. The van der Waals surface area contributed by atoms with Gasteiger partial charge in [0.15, 0.2) is 0 Å². The highest BCUT2D eigenvalue weighted by molar-refractivity contribution is 5.80. The fourth-order valence-electron chi connectivity index (χ4n) is 3.05. The molecule has 0 spiro atoms. The fraction of sp³-hybridized carbons (Fsp3) is 0.438. The molecule has 2 atom stereocenters. The quantitative estimate of drug-likeness (QED) is 0.868. The van der Waals surface area contributed by atoms with E-state index in [0.29, 0.717) is 5.92 Å². The molecule has 1 amide bonds. The van der Waals surface area contributed by atoms with Crippen LogP contribution in [0.5, 0.6) is 0 Å². The first-order valence-electron chi connectivity index (χ1n) is 7.35. The van der Waals surface area contributed by atoms with E-state index in [1.165, 1.54) is 17.5 Å². The summed E-state index contributed by atoms with van der Waals surface area (Å²) in [6.07, 6.45) is 4.09. The van der Waals surface area contributed by atoms with E-state index < -0.39 is 0 Å². The van der Waals surface area contributed by atoms with Crippen molar-refractivity contribution in [2.45, 2.75) is 32.2 Å². The molecule has 0 unspecified atom stereocenters. The van der Waals surface area contributed by atoms with Crippen LogP contribution in [0.4, 0.5) is 0 Å². The monoisotopic (exact) mass is 284 g/mol. The van der Waals surface area contributed by atoms with Gasteiger partial charge in [0, 0.05) is 19.0 Å². The van der Waals surface area contributed by atoms with Crippen LogP contribution in [0.15, 0.2) is 36.9 Å². The number of carbonyl (C=O) groups excluding carboxylic acids is 1. The number of carbonyl (C=O) groups is 1. The van der Waals surface area contributed by atoms with Crippen LogP contribution < -0.4 is 0 Å². The van der Waals surface area contributed by atoms with Crippen molar-refractivity contribution in [2.24, 2.45) is 0 Å². The predicted octanol–water partition coefficient (Wildman–Crippen LogP) is 2.16. The molecule has 3 rings (SSSR count). The number of aromatic nitrogens is 3. The number of hydrogen-bond acceptors (Lipinski definition) is 3. The van der Waals surface area contributed by atoms with Crippen LogP contribution in [0.25, 0.3) is 0 Å². The third-order valence-corrected chi connectivity index (χ3v) is 4.32. The molecule has 21 heavy (non-hydrogen) atoms. The van der Waals surface area contributed by atoms with Crippen molar-refractivity contribution in [1.82, 2.24) is 19.7 Å². The zero-order valence-electron chi connectivity index (χ0n) is 12.4. The molecule has 0 N–H and O–H groups in total. The molecule has 1 fully saturated rings. The summed E-state index contributed by atoms with van der Waals surface area (Å²) in [4.78, 5) is 18.4. The summed E-state index contributed by atoms with van der Waals surface area (Å²) in [6, 6.07) is 8.16. The minimum atomic E-state index is -0.289. The van der Waals surface area contributed by atoms with E-state index in [9.17, 15) is 4.79 Å². The molecule has 5 nitrogen and oxygen atoms in total. The summed E-state index contributed by atoms with van der Waals surface area (Å²) in [7, 11) is 0. The van der Waals surface area contributed by atoms with Gasteiger partial charge in [-0.2, -0.15) is 5.10 Å². The second-order valence-corrected chi connectivity index (χ2v) is 5.68. The van der Waals surface area contributed by atoms with Gasteiger partial charge in [0.05, 0.1) is 0 Å². The highest BCUT2D eigenvalue weighted by Crippen LogP contribution is 2.30. The maximum Gasteiger partial charge on any atom is 0.247 e. The molecule has 1 aromatic carbocycles. The Hall–Kier alpha value is -2.17. The Labute approximate surface area is 124 Å². The van der Waals surface area contributed by atoms with Gasteiger partial charge < -0.3 is 4.90 Å². The average Bonchev–Trinajstić information content (AvgIpc) is 3.17. The summed E-state index contributed by atoms with van der Waals surface area (Å²) >= 11 is 0. The summed E-state index contributed by atoms with van der Waals surface area (Å²) in [5.74, 6) is 0.565. The SMILES string of the molecule is Cc1ccccc1[C@@H]1CCN(C(=O)[C@H](C)n2cncn2)C1. The third kappa shape index (κ3) is 2.68. The molecule has 1 saturated heterocycles. The first kappa shape index (κ1) is 13.8. The Morgan fingerprint density at radius 3 is 2.90 bits per heavy atom. The predicted molar refractivity (Wildman–Crippen MR) is 79.9 cm³/mol. The van der Waals surface area contributed by atoms with Gasteiger partial charge in [-0.3, -0.25) is 4.79 Å². The Balaban J connectivity index is 1.70. The standard InChI is InChI=1S/C16H20N4O/c1-12-5-3-4-6-15(12)14-7-8-19(9-14)16(21)13(2)20-11-17-10-18-20/h3-6,10-11,13-14H,7-9H2,1-2H3/t13-,14+/m0/s1. The molecular formula is C16H20N4O. The van der Waals surface area contributed by atoms with E-state index in [2.05, 4.69) is 41.3 Å². The topological polar surface area (TPSA) is 51.0 Å². The smallest absolute Gasteiger partial charge is 0.247 e. The molecule has 2 heterocycles. The maximum absolute atomic E-state index is 12.5. The Morgan fingerprint density at radius 1 is 1.38 bits per heavy atom. The Kier molecular flexibility index (Phi) is 3.73. The lowest BCUT2D eigenvalue weighted by molar-refractivity contribution is -0.133. The highest BCUT2D eigenvalue weighted by Gasteiger charge is 2.31. The summed E-state index contributed by atoms with van der Waals surface area (Å²) < 4.78 is 1.61. The third-order valence-electron chi connectivity index (χ3n) is 4.32. The molecule has 5 heteroatoms. The normalized spacial score (nSPS) is 19.7. The van der Waals surface area contributed by atoms with Crippen molar-refractivity contribution in [2.75, 3.05) is 13.1 Å². The van der Waals surface area contributed by atoms with Crippen LogP contribution in [0.3, 0.4) is 0 Å². The first-order valence-corrected chi connectivity index (χ1v) is 7.35. The van der Waals surface area contributed by atoms with E-state index in [1.54, 1.807) is 11.0 Å². The van der Waals surface area contributed by atoms with Gasteiger partial charge in [-0.1, -0.05) is 24.3 Å². The number of benzene rings is 1. The van der Waals surface area contributed by atoms with Crippen molar-refractivity contribution in [3.8, 4) is 0 Å². The van der Waals surface area contributed by atoms with Crippen LogP contribution in [-0.2, 0) is 4.79 Å². The summed E-state index contributed by atoms with van der Waals surface area (Å²) in [5, 5.41) is 4.06. The average molecular weight is 284 g/mol. The molecule has 0 bridgehead atoms. The Bertz CT molecular complexity index is 623. The van der Waals surface area contributed by atoms with Gasteiger partial charge in [-0.25, -0.2) is 9.67 Å². The number of aryl methyl sites for hydroxylation is 1. The molecule has 1 aromatic heterocycles. The molecule has 1 aliphatic heterocycles. The van der Waals surface area contributed by atoms with Gasteiger partial charge >= 0.3 is 0 Å².